The maximum Gasteiger partial charge on any atom is 0.326 e. The minimum atomic E-state index is -1.15. The van der Waals surface area contributed by atoms with Crippen LogP contribution in [0.15, 0.2) is 66.7 Å². The summed E-state index contributed by atoms with van der Waals surface area (Å²) < 4.78 is 0. The molecule has 0 aliphatic rings. The molecule has 128 valence electrons. The lowest BCUT2D eigenvalue weighted by molar-refractivity contribution is -0.139. The summed E-state index contributed by atoms with van der Waals surface area (Å²) in [5.74, 6) is -1.61. The molecule has 0 spiro atoms. The number of hydrogen-bond acceptors (Lipinski definition) is 3. The van der Waals surface area contributed by atoms with Gasteiger partial charge in [0.1, 0.15) is 6.04 Å². The van der Waals surface area contributed by atoms with Gasteiger partial charge in [-0.25, -0.2) is 4.79 Å². The predicted molar refractivity (Wildman–Crippen MR) is 97.7 cm³/mol. The first-order valence-corrected chi connectivity index (χ1v) is 8.09. The molecule has 1 atom stereocenters. The Bertz CT molecular complexity index is 1020. The topological polar surface area (TPSA) is 90.2 Å². The lowest BCUT2D eigenvalue weighted by Gasteiger charge is -2.15. The molecule has 0 aliphatic heterocycles. The molecule has 3 rings (SSSR count). The largest absolute Gasteiger partial charge is 0.480 e. The number of hydrogen-bond donors (Lipinski definition) is 2. The van der Waals surface area contributed by atoms with E-state index < -0.39 is 17.9 Å². The first-order chi connectivity index (χ1) is 12.6. The van der Waals surface area contributed by atoms with Crippen LogP contribution in [-0.2, 0) is 11.2 Å². The molecule has 2 N–H and O–H groups in total. The Hall–Kier alpha value is -3.65. The van der Waals surface area contributed by atoms with Gasteiger partial charge in [-0.3, -0.25) is 4.79 Å². The number of nitriles is 1. The maximum atomic E-state index is 12.5. The van der Waals surface area contributed by atoms with E-state index in [2.05, 4.69) is 5.32 Å². The Morgan fingerprint density at radius 3 is 2.42 bits per heavy atom. The lowest BCUT2D eigenvalue weighted by Crippen LogP contribution is -2.42. The van der Waals surface area contributed by atoms with Gasteiger partial charge in [0, 0.05) is 12.0 Å². The number of amides is 1. The van der Waals surface area contributed by atoms with Crippen LogP contribution in [0, 0.1) is 11.3 Å². The lowest BCUT2D eigenvalue weighted by atomic mass is 10.0. The van der Waals surface area contributed by atoms with E-state index in [-0.39, 0.29) is 6.42 Å². The van der Waals surface area contributed by atoms with Crippen molar-refractivity contribution in [1.82, 2.24) is 5.32 Å². The van der Waals surface area contributed by atoms with E-state index in [4.69, 9.17) is 5.26 Å². The van der Waals surface area contributed by atoms with Crippen molar-refractivity contribution >= 4 is 22.6 Å². The highest BCUT2D eigenvalue weighted by Crippen LogP contribution is 2.16. The summed E-state index contributed by atoms with van der Waals surface area (Å²) in [7, 11) is 0. The zero-order valence-corrected chi connectivity index (χ0v) is 13.8. The molecule has 0 saturated heterocycles. The molecule has 1 amide bonds. The summed E-state index contributed by atoms with van der Waals surface area (Å²) in [4.78, 5) is 24.1. The number of nitrogens with one attached hydrogen (secondary N) is 1. The van der Waals surface area contributed by atoms with Crippen molar-refractivity contribution in [3.05, 3.63) is 83.4 Å². The van der Waals surface area contributed by atoms with Crippen molar-refractivity contribution in [3.63, 3.8) is 0 Å². The molecule has 3 aromatic rings. The molecule has 26 heavy (non-hydrogen) atoms. The molecule has 0 fully saturated rings. The second kappa shape index (κ2) is 7.49. The molecule has 0 radical (unpaired) electrons. The van der Waals surface area contributed by atoms with Gasteiger partial charge in [0.05, 0.1) is 11.6 Å². The number of carbonyl (C=O) groups excluding carboxylic acids is 1. The first-order valence-electron chi connectivity index (χ1n) is 8.09. The van der Waals surface area contributed by atoms with Gasteiger partial charge < -0.3 is 10.4 Å². The van der Waals surface area contributed by atoms with Gasteiger partial charge in [0.25, 0.3) is 5.91 Å². The zero-order chi connectivity index (χ0) is 18.5. The fourth-order valence-electron chi connectivity index (χ4n) is 2.80. The molecule has 5 heteroatoms. The number of rotatable bonds is 5. The van der Waals surface area contributed by atoms with Crippen LogP contribution < -0.4 is 5.32 Å². The Labute approximate surface area is 150 Å². The van der Waals surface area contributed by atoms with E-state index in [0.717, 1.165) is 10.8 Å². The maximum absolute atomic E-state index is 12.5. The van der Waals surface area contributed by atoms with Gasteiger partial charge in [0.2, 0.25) is 0 Å². The average molecular weight is 344 g/mol. The van der Waals surface area contributed by atoms with Crippen molar-refractivity contribution in [2.45, 2.75) is 12.5 Å². The van der Waals surface area contributed by atoms with Gasteiger partial charge in [-0.1, -0.05) is 48.5 Å². The summed E-state index contributed by atoms with van der Waals surface area (Å²) in [6, 6.07) is 20.5. The van der Waals surface area contributed by atoms with Gasteiger partial charge in [-0.05, 0) is 34.5 Å². The number of fused-ring (bicyclic) bond motifs is 1. The van der Waals surface area contributed by atoms with E-state index in [1.54, 1.807) is 36.4 Å². The van der Waals surface area contributed by atoms with Crippen molar-refractivity contribution < 1.29 is 14.7 Å². The Morgan fingerprint density at radius 1 is 1.00 bits per heavy atom. The monoisotopic (exact) mass is 344 g/mol. The summed E-state index contributed by atoms with van der Waals surface area (Å²) in [6.45, 7) is 0. The standard InChI is InChI=1S/C21H16N2O3/c22-13-18-8-4-3-7-16(18)12-19(21(25)26)23-20(24)17-10-9-14-5-1-2-6-15(14)11-17/h1-11,19H,12H2,(H,23,24)(H,25,26)/t19-/m1/s1. The van der Waals surface area contributed by atoms with Crippen LogP contribution >= 0.6 is 0 Å². The van der Waals surface area contributed by atoms with Crippen LogP contribution in [0.1, 0.15) is 21.5 Å². The minimum Gasteiger partial charge on any atom is -0.480 e. The summed E-state index contributed by atoms with van der Waals surface area (Å²) in [5.41, 5.74) is 1.38. The molecular formula is C21H16N2O3. The third-order valence-electron chi connectivity index (χ3n) is 4.18. The Morgan fingerprint density at radius 2 is 1.69 bits per heavy atom. The normalized spacial score (nSPS) is 11.5. The van der Waals surface area contributed by atoms with Crippen LogP contribution in [0.5, 0.6) is 0 Å². The SMILES string of the molecule is N#Cc1ccccc1C[C@@H](NC(=O)c1ccc2ccccc2c1)C(=O)O. The molecule has 0 saturated carbocycles. The van der Waals surface area contributed by atoms with Crippen molar-refractivity contribution in [3.8, 4) is 6.07 Å². The van der Waals surface area contributed by atoms with E-state index in [1.807, 2.05) is 36.4 Å². The number of carbonyl (C=O) groups is 2. The zero-order valence-electron chi connectivity index (χ0n) is 13.8. The van der Waals surface area contributed by atoms with E-state index in [1.165, 1.54) is 0 Å². The van der Waals surface area contributed by atoms with Crippen LogP contribution in [-0.4, -0.2) is 23.0 Å². The number of benzene rings is 3. The van der Waals surface area contributed by atoms with Gasteiger partial charge in [-0.2, -0.15) is 5.26 Å². The third-order valence-corrected chi connectivity index (χ3v) is 4.18. The second-order valence-electron chi connectivity index (χ2n) is 5.90. The third kappa shape index (κ3) is 3.70. The molecule has 3 aromatic carbocycles. The van der Waals surface area contributed by atoms with Crippen molar-refractivity contribution in [1.29, 1.82) is 5.26 Å². The highest BCUT2D eigenvalue weighted by atomic mass is 16.4. The molecule has 5 nitrogen and oxygen atoms in total. The van der Waals surface area contributed by atoms with Gasteiger partial charge >= 0.3 is 5.97 Å². The van der Waals surface area contributed by atoms with Crippen LogP contribution in [0.3, 0.4) is 0 Å². The molecule has 0 heterocycles. The first kappa shape index (κ1) is 17.2. The van der Waals surface area contributed by atoms with Gasteiger partial charge in [-0.15, -0.1) is 0 Å². The van der Waals surface area contributed by atoms with Gasteiger partial charge in [0.15, 0.2) is 0 Å². The predicted octanol–water partition coefficient (Wildman–Crippen LogP) is 3.14. The number of nitrogens with zero attached hydrogens (tertiary/aromatic N) is 1. The summed E-state index contributed by atoms with van der Waals surface area (Å²) in [6.07, 6.45) is 0.0401. The van der Waals surface area contributed by atoms with E-state index in [0.29, 0.717) is 16.7 Å². The van der Waals surface area contributed by atoms with E-state index in [9.17, 15) is 14.7 Å². The van der Waals surface area contributed by atoms with Crippen molar-refractivity contribution in [2.75, 3.05) is 0 Å². The van der Waals surface area contributed by atoms with Crippen molar-refractivity contribution in [2.24, 2.45) is 0 Å². The number of carboxylic acid groups (broad SMARTS) is 1. The summed E-state index contributed by atoms with van der Waals surface area (Å²) >= 11 is 0. The Kier molecular flexibility index (Phi) is 4.95. The molecule has 0 aromatic heterocycles. The minimum absolute atomic E-state index is 0.0401. The summed E-state index contributed by atoms with van der Waals surface area (Å²) in [5, 5.41) is 23.1. The van der Waals surface area contributed by atoms with E-state index >= 15 is 0 Å². The molecular weight excluding hydrogens is 328 g/mol. The fourth-order valence-corrected chi connectivity index (χ4v) is 2.80. The molecule has 0 bridgehead atoms. The highest BCUT2D eigenvalue weighted by molar-refractivity contribution is 6.00. The number of carboxylic acids is 1. The average Bonchev–Trinajstić information content (AvgIpc) is 2.67. The second-order valence-corrected chi connectivity index (χ2v) is 5.90. The quantitative estimate of drug-likeness (QED) is 0.744. The molecule has 0 unspecified atom stereocenters. The fraction of sp³-hybridized carbons (Fsp3) is 0.0952. The van der Waals surface area contributed by atoms with Crippen LogP contribution in [0.4, 0.5) is 0 Å². The molecule has 0 aliphatic carbocycles. The smallest absolute Gasteiger partial charge is 0.326 e. The van der Waals surface area contributed by atoms with Crippen LogP contribution in [0.25, 0.3) is 10.8 Å². The number of aliphatic carboxylic acids is 1. The van der Waals surface area contributed by atoms with Crippen LogP contribution in [0.2, 0.25) is 0 Å². The Balaban J connectivity index is 1.82. The highest BCUT2D eigenvalue weighted by Gasteiger charge is 2.22.